The maximum Gasteiger partial charge on any atom is 0.259 e. The molecule has 28 heavy (non-hydrogen) atoms. The highest BCUT2D eigenvalue weighted by Crippen LogP contribution is 2.43. The van der Waals surface area contributed by atoms with E-state index in [4.69, 9.17) is 0 Å². The summed E-state index contributed by atoms with van der Waals surface area (Å²) in [7, 11) is 0. The van der Waals surface area contributed by atoms with Crippen LogP contribution in [0.3, 0.4) is 0 Å². The van der Waals surface area contributed by atoms with Crippen molar-refractivity contribution in [2.45, 2.75) is 46.7 Å². The van der Waals surface area contributed by atoms with Crippen LogP contribution in [0, 0.1) is 5.92 Å². The molecule has 1 aliphatic rings. The Hall–Kier alpha value is -2.95. The molecule has 0 unspecified atom stereocenters. The first kappa shape index (κ1) is 18.4. The Kier molecular flexibility index (Phi) is 4.33. The average molecular weight is 374 g/mol. The van der Waals surface area contributed by atoms with Crippen molar-refractivity contribution < 1.29 is 4.79 Å². The minimum Gasteiger partial charge on any atom is -0.302 e. The molecule has 2 heterocycles. The molecule has 1 aromatic heterocycles. The van der Waals surface area contributed by atoms with E-state index in [1.165, 1.54) is 0 Å². The lowest BCUT2D eigenvalue weighted by molar-refractivity contribution is 0.0966. The summed E-state index contributed by atoms with van der Waals surface area (Å²) in [6.07, 6.45) is 0. The number of benzene rings is 2. The number of amides is 1. The number of nitrogens with zero attached hydrogens (tertiary/aromatic N) is 4. The number of fused-ring (bicyclic) bond motifs is 5. The Morgan fingerprint density at radius 1 is 0.929 bits per heavy atom. The van der Waals surface area contributed by atoms with Crippen LogP contribution in [-0.2, 0) is 6.54 Å². The van der Waals surface area contributed by atoms with Gasteiger partial charge >= 0.3 is 0 Å². The molecule has 0 spiro atoms. The molecule has 0 saturated carbocycles. The Bertz CT molecular complexity index is 1040. The van der Waals surface area contributed by atoms with Crippen molar-refractivity contribution in [1.82, 2.24) is 15.0 Å². The second-order valence-electron chi connectivity index (χ2n) is 8.74. The predicted molar refractivity (Wildman–Crippen MR) is 112 cm³/mol. The summed E-state index contributed by atoms with van der Waals surface area (Å²) in [6, 6.07) is 15.8. The highest BCUT2D eigenvalue weighted by atomic mass is 16.2. The lowest BCUT2D eigenvalue weighted by atomic mass is 9.92. The van der Waals surface area contributed by atoms with Crippen LogP contribution in [0.15, 0.2) is 48.5 Å². The maximum absolute atomic E-state index is 13.7. The Morgan fingerprint density at radius 2 is 1.54 bits per heavy atom. The molecular weight excluding hydrogens is 348 g/mol. The molecule has 0 N–H and O–H groups in total. The fourth-order valence-corrected chi connectivity index (χ4v) is 3.88. The first-order valence-electron chi connectivity index (χ1n) is 9.76. The van der Waals surface area contributed by atoms with Crippen LogP contribution < -0.4 is 4.90 Å². The van der Waals surface area contributed by atoms with E-state index < -0.39 is 0 Å². The highest BCUT2D eigenvalue weighted by Gasteiger charge is 2.36. The van der Waals surface area contributed by atoms with Gasteiger partial charge in [-0.15, -0.1) is 5.10 Å². The van der Waals surface area contributed by atoms with Gasteiger partial charge in [0.25, 0.3) is 5.91 Å². The summed E-state index contributed by atoms with van der Waals surface area (Å²) in [5.41, 5.74) is 4.73. The molecule has 0 saturated heterocycles. The maximum atomic E-state index is 13.7. The SMILES string of the molecule is CC(C)Cn1nnc2c1-c1ccccc1N(C(C)(C)C)C(=O)c1ccccc1-2. The first-order valence-corrected chi connectivity index (χ1v) is 9.76. The number of aromatic nitrogens is 3. The Labute approximate surface area is 166 Å². The van der Waals surface area contributed by atoms with Gasteiger partial charge in [-0.3, -0.25) is 4.79 Å². The minimum absolute atomic E-state index is 0.0143. The highest BCUT2D eigenvalue weighted by molar-refractivity contribution is 6.14. The molecule has 144 valence electrons. The summed E-state index contributed by atoms with van der Waals surface area (Å²) in [5, 5.41) is 8.98. The average Bonchev–Trinajstić information content (AvgIpc) is 3.02. The van der Waals surface area contributed by atoms with Crippen molar-refractivity contribution in [1.29, 1.82) is 0 Å². The zero-order valence-electron chi connectivity index (χ0n) is 17.1. The van der Waals surface area contributed by atoms with Gasteiger partial charge in [-0.25, -0.2) is 4.68 Å². The molecule has 0 fully saturated rings. The van der Waals surface area contributed by atoms with E-state index >= 15 is 0 Å². The largest absolute Gasteiger partial charge is 0.302 e. The van der Waals surface area contributed by atoms with E-state index in [2.05, 4.69) is 51.0 Å². The fourth-order valence-electron chi connectivity index (χ4n) is 3.88. The number of hydrogen-bond acceptors (Lipinski definition) is 3. The van der Waals surface area contributed by atoms with Gasteiger partial charge in [0.05, 0.1) is 11.4 Å². The molecule has 1 amide bonds. The number of hydrogen-bond donors (Lipinski definition) is 0. The molecule has 0 bridgehead atoms. The van der Waals surface area contributed by atoms with Gasteiger partial charge in [0.1, 0.15) is 5.69 Å². The van der Waals surface area contributed by atoms with Gasteiger partial charge in [0.15, 0.2) is 0 Å². The summed E-state index contributed by atoms with van der Waals surface area (Å²) in [5.74, 6) is 0.415. The first-order chi connectivity index (χ1) is 13.3. The van der Waals surface area contributed by atoms with Crippen molar-refractivity contribution in [3.05, 3.63) is 54.1 Å². The smallest absolute Gasteiger partial charge is 0.259 e. The summed E-state index contributed by atoms with van der Waals surface area (Å²) in [4.78, 5) is 15.6. The van der Waals surface area contributed by atoms with Gasteiger partial charge < -0.3 is 4.90 Å². The lowest BCUT2D eigenvalue weighted by Gasteiger charge is -2.38. The van der Waals surface area contributed by atoms with E-state index in [1.807, 2.05) is 52.0 Å². The molecule has 5 heteroatoms. The van der Waals surface area contributed by atoms with Crippen molar-refractivity contribution in [3.63, 3.8) is 0 Å². The van der Waals surface area contributed by atoms with E-state index in [9.17, 15) is 4.79 Å². The fraction of sp³-hybridized carbons (Fsp3) is 0.348. The van der Waals surface area contributed by atoms with Crippen LogP contribution in [-0.4, -0.2) is 26.4 Å². The number of rotatable bonds is 2. The third kappa shape index (κ3) is 2.91. The zero-order valence-corrected chi connectivity index (χ0v) is 17.1. The van der Waals surface area contributed by atoms with E-state index in [0.29, 0.717) is 11.5 Å². The van der Waals surface area contributed by atoms with Gasteiger partial charge in [-0.1, -0.05) is 55.5 Å². The summed E-state index contributed by atoms with van der Waals surface area (Å²) < 4.78 is 1.98. The molecule has 0 radical (unpaired) electrons. The third-order valence-corrected chi connectivity index (χ3v) is 4.96. The topological polar surface area (TPSA) is 51.0 Å². The standard InChI is InChI=1S/C23H26N4O/c1-15(2)14-26-21-18-12-8-9-13-19(18)27(23(3,4)5)22(28)17-11-7-6-10-16(17)20(21)24-25-26/h6-13,15H,14H2,1-5H3. The monoisotopic (exact) mass is 374 g/mol. The number of carbonyl (C=O) groups is 1. The Morgan fingerprint density at radius 3 is 2.18 bits per heavy atom. The molecular formula is C23H26N4O. The molecule has 3 aromatic rings. The number of para-hydroxylation sites is 1. The van der Waals surface area contributed by atoms with Gasteiger partial charge in [0, 0.05) is 28.8 Å². The Balaban J connectivity index is 2.12. The van der Waals surface area contributed by atoms with Crippen LogP contribution >= 0.6 is 0 Å². The molecule has 0 atom stereocenters. The number of carbonyl (C=O) groups excluding carboxylic acids is 1. The van der Waals surface area contributed by atoms with Crippen LogP contribution in [0.25, 0.3) is 22.5 Å². The number of anilines is 1. The van der Waals surface area contributed by atoms with E-state index in [1.54, 1.807) is 0 Å². The van der Waals surface area contributed by atoms with Crippen LogP contribution in [0.1, 0.15) is 45.0 Å². The molecule has 2 aromatic carbocycles. The molecule has 5 nitrogen and oxygen atoms in total. The van der Waals surface area contributed by atoms with Gasteiger partial charge in [0.2, 0.25) is 0 Å². The predicted octanol–water partition coefficient (Wildman–Crippen LogP) is 5.03. The quantitative estimate of drug-likeness (QED) is 0.632. The van der Waals surface area contributed by atoms with E-state index in [0.717, 1.165) is 34.7 Å². The van der Waals surface area contributed by atoms with E-state index in [-0.39, 0.29) is 11.4 Å². The van der Waals surface area contributed by atoms with Crippen molar-refractivity contribution >= 4 is 11.6 Å². The van der Waals surface area contributed by atoms with Crippen LogP contribution in [0.5, 0.6) is 0 Å². The molecule has 1 aliphatic heterocycles. The summed E-state index contributed by atoms with van der Waals surface area (Å²) in [6.45, 7) is 11.3. The van der Waals surface area contributed by atoms with Crippen molar-refractivity contribution in [3.8, 4) is 22.5 Å². The second kappa shape index (κ2) is 6.59. The van der Waals surface area contributed by atoms with Crippen LogP contribution in [0.2, 0.25) is 0 Å². The minimum atomic E-state index is -0.381. The van der Waals surface area contributed by atoms with Gasteiger partial charge in [-0.2, -0.15) is 0 Å². The second-order valence-corrected chi connectivity index (χ2v) is 8.74. The lowest BCUT2D eigenvalue weighted by Crippen LogP contribution is -2.46. The zero-order chi connectivity index (χ0) is 20.1. The third-order valence-electron chi connectivity index (χ3n) is 4.96. The van der Waals surface area contributed by atoms with Crippen molar-refractivity contribution in [2.75, 3.05) is 4.90 Å². The molecule has 0 aliphatic carbocycles. The van der Waals surface area contributed by atoms with Crippen molar-refractivity contribution in [2.24, 2.45) is 5.92 Å². The van der Waals surface area contributed by atoms with Gasteiger partial charge in [-0.05, 0) is 38.8 Å². The normalized spacial score (nSPS) is 13.6. The summed E-state index contributed by atoms with van der Waals surface area (Å²) >= 11 is 0. The molecule has 4 rings (SSSR count). The van der Waals surface area contributed by atoms with Crippen LogP contribution in [0.4, 0.5) is 5.69 Å².